The summed E-state index contributed by atoms with van der Waals surface area (Å²) in [5, 5.41) is 1.18. The third-order valence-electron chi connectivity index (χ3n) is 1.18. The van der Waals surface area contributed by atoms with Gasteiger partial charge in [0.2, 0.25) is 0 Å². The number of carbonyl (C=O) groups is 1. The number of nitrogens with one attached hydrogen (secondary N) is 1. The fourth-order valence-electron chi connectivity index (χ4n) is 0.654. The lowest BCUT2D eigenvalue weighted by Gasteiger charge is -2.17. The minimum atomic E-state index is -0.440. The molecule has 5 heteroatoms. The number of amides is 1. The predicted molar refractivity (Wildman–Crippen MR) is 44.2 cm³/mol. The molecule has 0 atom stereocenters. The molecular weight excluding hydrogens is 158 g/mol. The average Bonchev–Trinajstić information content (AvgIpc) is 2.15. The van der Waals surface area contributed by atoms with Crippen LogP contribution in [0.4, 0.5) is 4.79 Å². The summed E-state index contributed by atoms with van der Waals surface area (Å²) in [5.74, 6) is 0. The van der Waals surface area contributed by atoms with Crippen molar-refractivity contribution in [2.24, 2.45) is 4.99 Å². The van der Waals surface area contributed by atoms with Crippen molar-refractivity contribution in [2.45, 2.75) is 13.3 Å². The highest BCUT2D eigenvalue weighted by Crippen LogP contribution is 1.92. The molecule has 0 saturated carbocycles. The van der Waals surface area contributed by atoms with E-state index >= 15 is 0 Å². The minimum Gasteiger partial charge on any atom is -0.448 e. The number of aliphatic imine (C=N–C) groups is 1. The van der Waals surface area contributed by atoms with Crippen LogP contribution in [0.5, 0.6) is 0 Å². The van der Waals surface area contributed by atoms with Crippen LogP contribution in [0, 0.1) is 0 Å². The lowest BCUT2D eigenvalue weighted by Crippen LogP contribution is -2.40. The van der Waals surface area contributed by atoms with Crippen molar-refractivity contribution in [3.63, 3.8) is 0 Å². The highest BCUT2D eigenvalue weighted by molar-refractivity contribution is 5.82. The van der Waals surface area contributed by atoms with E-state index < -0.39 is 6.09 Å². The second-order valence-electron chi connectivity index (χ2n) is 2.19. The van der Waals surface area contributed by atoms with Gasteiger partial charge in [0, 0.05) is 12.4 Å². The summed E-state index contributed by atoms with van der Waals surface area (Å²) in [7, 11) is 0. The van der Waals surface area contributed by atoms with E-state index in [1.54, 1.807) is 12.4 Å². The van der Waals surface area contributed by atoms with Crippen molar-refractivity contribution in [1.82, 2.24) is 10.4 Å². The molecule has 0 fully saturated rings. The molecule has 0 radical (unpaired) electrons. The summed E-state index contributed by atoms with van der Waals surface area (Å²) in [6.45, 7) is 2.36. The maximum atomic E-state index is 11.1. The van der Waals surface area contributed by atoms with E-state index in [-0.39, 0.29) is 0 Å². The van der Waals surface area contributed by atoms with E-state index in [9.17, 15) is 4.79 Å². The topological polar surface area (TPSA) is 53.9 Å². The first-order chi connectivity index (χ1) is 5.84. The number of hydrogen-bond donors (Lipinski definition) is 1. The molecule has 1 heterocycles. The lowest BCUT2D eigenvalue weighted by molar-refractivity contribution is 0.116. The standard InChI is InChI=1S/C7H11N3O2/c1-2-5-12-7(11)10-6-8-3-4-9-10/h3-4,6,9H,2,5H2,1H3. The van der Waals surface area contributed by atoms with E-state index in [0.717, 1.165) is 6.42 Å². The van der Waals surface area contributed by atoms with Crippen molar-refractivity contribution in [1.29, 1.82) is 0 Å². The number of nitrogens with zero attached hydrogens (tertiary/aromatic N) is 2. The largest absolute Gasteiger partial charge is 0.448 e. The molecule has 0 aromatic heterocycles. The van der Waals surface area contributed by atoms with Gasteiger partial charge in [-0.25, -0.2) is 9.79 Å². The van der Waals surface area contributed by atoms with Gasteiger partial charge in [0.25, 0.3) is 0 Å². The van der Waals surface area contributed by atoms with Gasteiger partial charge in [0.05, 0.1) is 6.61 Å². The number of carbonyl (C=O) groups excluding carboxylic acids is 1. The van der Waals surface area contributed by atoms with Crippen LogP contribution in [0.2, 0.25) is 0 Å². The van der Waals surface area contributed by atoms with Crippen molar-refractivity contribution in [2.75, 3.05) is 6.61 Å². The van der Waals surface area contributed by atoms with E-state index in [0.29, 0.717) is 6.61 Å². The molecule has 0 unspecified atom stereocenters. The SMILES string of the molecule is CCCOC(=O)N1C=NC=CN1. The average molecular weight is 169 g/mol. The monoisotopic (exact) mass is 169 g/mol. The third-order valence-corrected chi connectivity index (χ3v) is 1.18. The van der Waals surface area contributed by atoms with Crippen LogP contribution >= 0.6 is 0 Å². The smallest absolute Gasteiger partial charge is 0.434 e. The number of ether oxygens (including phenoxy) is 1. The van der Waals surface area contributed by atoms with E-state index in [1.165, 1.54) is 11.3 Å². The van der Waals surface area contributed by atoms with Crippen LogP contribution in [-0.4, -0.2) is 24.0 Å². The van der Waals surface area contributed by atoms with Crippen molar-refractivity contribution >= 4 is 12.4 Å². The molecule has 5 nitrogen and oxygen atoms in total. The molecule has 0 aliphatic carbocycles. The van der Waals surface area contributed by atoms with Gasteiger partial charge in [-0.2, -0.15) is 5.01 Å². The number of rotatable bonds is 2. The fourth-order valence-corrected chi connectivity index (χ4v) is 0.654. The van der Waals surface area contributed by atoms with E-state index in [1.807, 2.05) is 6.92 Å². The van der Waals surface area contributed by atoms with Gasteiger partial charge in [-0.15, -0.1) is 0 Å². The van der Waals surface area contributed by atoms with Crippen LogP contribution in [-0.2, 0) is 4.74 Å². The summed E-state index contributed by atoms with van der Waals surface area (Å²) in [6, 6.07) is 0. The summed E-state index contributed by atoms with van der Waals surface area (Å²) >= 11 is 0. The summed E-state index contributed by atoms with van der Waals surface area (Å²) in [5.41, 5.74) is 2.66. The lowest BCUT2D eigenvalue weighted by atomic mass is 10.5. The Morgan fingerprint density at radius 1 is 1.75 bits per heavy atom. The molecule has 0 aromatic carbocycles. The highest BCUT2D eigenvalue weighted by atomic mass is 16.6. The van der Waals surface area contributed by atoms with Crippen LogP contribution in [0.1, 0.15) is 13.3 Å². The molecule has 0 bridgehead atoms. The Kier molecular flexibility index (Phi) is 3.13. The zero-order valence-corrected chi connectivity index (χ0v) is 6.86. The maximum Gasteiger partial charge on any atom is 0.434 e. The van der Waals surface area contributed by atoms with Gasteiger partial charge in [-0.05, 0) is 6.42 Å². The Bertz CT molecular complexity index is 213. The van der Waals surface area contributed by atoms with Gasteiger partial charge in [0.1, 0.15) is 6.34 Å². The Morgan fingerprint density at radius 3 is 3.17 bits per heavy atom. The molecule has 1 aliphatic heterocycles. The van der Waals surface area contributed by atoms with E-state index in [2.05, 4.69) is 10.4 Å². The molecule has 0 saturated heterocycles. The third kappa shape index (κ3) is 2.26. The quantitative estimate of drug-likeness (QED) is 0.666. The normalized spacial score (nSPS) is 14.2. The highest BCUT2D eigenvalue weighted by Gasteiger charge is 2.11. The zero-order valence-electron chi connectivity index (χ0n) is 6.86. The van der Waals surface area contributed by atoms with Crippen LogP contribution < -0.4 is 5.43 Å². The fraction of sp³-hybridized carbons (Fsp3) is 0.429. The molecule has 1 amide bonds. The van der Waals surface area contributed by atoms with E-state index in [4.69, 9.17) is 4.74 Å². The van der Waals surface area contributed by atoms with Gasteiger partial charge in [-0.3, -0.25) is 5.43 Å². The Labute approximate surface area is 70.7 Å². The molecule has 1 aliphatic rings. The molecule has 1 rings (SSSR count). The van der Waals surface area contributed by atoms with Gasteiger partial charge in [-0.1, -0.05) is 6.92 Å². The first-order valence-electron chi connectivity index (χ1n) is 3.75. The Morgan fingerprint density at radius 2 is 2.58 bits per heavy atom. The van der Waals surface area contributed by atoms with Gasteiger partial charge in [0.15, 0.2) is 0 Å². The molecule has 1 N–H and O–H groups in total. The summed E-state index contributed by atoms with van der Waals surface area (Å²) in [4.78, 5) is 14.8. The van der Waals surface area contributed by atoms with Crippen LogP contribution in [0.3, 0.4) is 0 Å². The second-order valence-corrected chi connectivity index (χ2v) is 2.19. The first-order valence-corrected chi connectivity index (χ1v) is 3.75. The molecular formula is C7H11N3O2. The van der Waals surface area contributed by atoms with Gasteiger partial charge >= 0.3 is 6.09 Å². The van der Waals surface area contributed by atoms with Crippen molar-refractivity contribution in [3.05, 3.63) is 12.4 Å². The molecule has 0 aromatic rings. The predicted octanol–water partition coefficient (Wildman–Crippen LogP) is 0.853. The van der Waals surface area contributed by atoms with Crippen LogP contribution in [0.15, 0.2) is 17.4 Å². The Balaban J connectivity index is 2.32. The summed E-state index contributed by atoms with van der Waals surface area (Å²) < 4.78 is 4.83. The molecule has 66 valence electrons. The molecule has 0 spiro atoms. The van der Waals surface area contributed by atoms with Crippen LogP contribution in [0.25, 0.3) is 0 Å². The number of hydrogen-bond acceptors (Lipinski definition) is 4. The minimum absolute atomic E-state index is 0.425. The van der Waals surface area contributed by atoms with Crippen molar-refractivity contribution in [3.8, 4) is 0 Å². The number of hydrazine groups is 1. The Hall–Kier alpha value is -1.52. The summed E-state index contributed by atoms with van der Waals surface area (Å²) in [6.07, 6.45) is 4.83. The maximum absolute atomic E-state index is 11.1. The second kappa shape index (κ2) is 4.38. The van der Waals surface area contributed by atoms with Crippen molar-refractivity contribution < 1.29 is 9.53 Å². The zero-order chi connectivity index (χ0) is 8.81. The molecule has 12 heavy (non-hydrogen) atoms. The first kappa shape index (κ1) is 8.58. The van der Waals surface area contributed by atoms with Gasteiger partial charge < -0.3 is 4.74 Å².